The fourth-order valence-electron chi connectivity index (χ4n) is 2.20. The molecule has 0 aliphatic heterocycles. The van der Waals surface area contributed by atoms with E-state index in [1.807, 2.05) is 6.07 Å². The number of pyridine rings is 1. The predicted octanol–water partition coefficient (Wildman–Crippen LogP) is 1.61. The van der Waals surface area contributed by atoms with Gasteiger partial charge in [0.2, 0.25) is 0 Å². The largest absolute Gasteiger partial charge is 0.478 e. The maximum atomic E-state index is 12.1. The summed E-state index contributed by atoms with van der Waals surface area (Å²) in [4.78, 5) is 34.3. The number of aromatic nitrogens is 3. The molecule has 2 aromatic heterocycles. The second kappa shape index (κ2) is 5.16. The Balaban J connectivity index is 2.12. The molecule has 6 nitrogen and oxygen atoms in total. The number of nitrogens with zero attached hydrogens (tertiary/aromatic N) is 2. The summed E-state index contributed by atoms with van der Waals surface area (Å²) in [6.45, 7) is 0. The molecule has 3 rings (SSSR count). The van der Waals surface area contributed by atoms with Crippen molar-refractivity contribution in [3.8, 4) is 0 Å². The quantitative estimate of drug-likeness (QED) is 0.760. The maximum Gasteiger partial charge on any atom is 0.336 e. The summed E-state index contributed by atoms with van der Waals surface area (Å²) in [6, 6.07) is 8.28. The molecule has 1 aromatic carbocycles. The molecule has 2 N–H and O–H groups in total. The maximum absolute atomic E-state index is 12.1. The number of carboxylic acid groups (broad SMARTS) is 1. The molecule has 104 valence electrons. The zero-order valence-corrected chi connectivity index (χ0v) is 10.9. The third kappa shape index (κ3) is 2.51. The van der Waals surface area contributed by atoms with E-state index in [2.05, 4.69) is 15.0 Å². The van der Waals surface area contributed by atoms with Crippen LogP contribution in [0.2, 0.25) is 0 Å². The van der Waals surface area contributed by atoms with Gasteiger partial charge in [0, 0.05) is 18.8 Å². The van der Waals surface area contributed by atoms with E-state index >= 15 is 0 Å². The first-order valence-corrected chi connectivity index (χ1v) is 6.29. The third-order valence-corrected chi connectivity index (χ3v) is 3.11. The van der Waals surface area contributed by atoms with Crippen LogP contribution >= 0.6 is 0 Å². The second-order valence-electron chi connectivity index (χ2n) is 4.56. The highest BCUT2D eigenvalue weighted by Crippen LogP contribution is 2.14. The van der Waals surface area contributed by atoms with Crippen LogP contribution < -0.4 is 5.56 Å². The molecule has 0 spiro atoms. The summed E-state index contributed by atoms with van der Waals surface area (Å²) in [5.41, 5.74) is 0.790. The molecule has 0 aliphatic rings. The summed E-state index contributed by atoms with van der Waals surface area (Å²) >= 11 is 0. The van der Waals surface area contributed by atoms with Crippen LogP contribution in [0, 0.1) is 0 Å². The summed E-state index contributed by atoms with van der Waals surface area (Å²) in [5, 5.41) is 9.22. The Labute approximate surface area is 119 Å². The molecule has 0 amide bonds. The van der Waals surface area contributed by atoms with Gasteiger partial charge in [0.05, 0.1) is 16.5 Å². The zero-order chi connectivity index (χ0) is 14.8. The van der Waals surface area contributed by atoms with Crippen LogP contribution in [0.3, 0.4) is 0 Å². The number of aromatic carboxylic acids is 1. The molecule has 0 saturated heterocycles. The Kier molecular flexibility index (Phi) is 3.19. The minimum atomic E-state index is -1.15. The van der Waals surface area contributed by atoms with Crippen molar-refractivity contribution >= 4 is 16.9 Å². The zero-order valence-electron chi connectivity index (χ0n) is 10.9. The van der Waals surface area contributed by atoms with Crippen LogP contribution in [-0.2, 0) is 6.42 Å². The van der Waals surface area contributed by atoms with E-state index in [9.17, 15) is 9.59 Å². The lowest BCUT2D eigenvalue weighted by molar-refractivity contribution is 0.0699. The van der Waals surface area contributed by atoms with Crippen molar-refractivity contribution in [1.29, 1.82) is 0 Å². The van der Waals surface area contributed by atoms with Crippen LogP contribution in [-0.4, -0.2) is 26.0 Å². The van der Waals surface area contributed by atoms with Gasteiger partial charge in [0.1, 0.15) is 5.82 Å². The van der Waals surface area contributed by atoms with Gasteiger partial charge in [0.25, 0.3) is 5.56 Å². The number of hydrogen-bond acceptors (Lipinski definition) is 4. The van der Waals surface area contributed by atoms with Gasteiger partial charge in [-0.05, 0) is 23.8 Å². The van der Waals surface area contributed by atoms with Gasteiger partial charge in [-0.2, -0.15) is 0 Å². The van der Waals surface area contributed by atoms with Crippen molar-refractivity contribution in [3.63, 3.8) is 0 Å². The highest BCUT2D eigenvalue weighted by atomic mass is 16.4. The standard InChI is InChI=1S/C15H11N3O3/c19-14-13-10(15(20)21)4-1-5-11(13)17-12(18-14)7-9-3-2-6-16-8-9/h1-6,8H,7H2,(H,20,21)(H,17,18,19). The predicted molar refractivity (Wildman–Crippen MR) is 76.4 cm³/mol. The molecule has 2 heterocycles. The summed E-state index contributed by atoms with van der Waals surface area (Å²) in [7, 11) is 0. The minimum absolute atomic E-state index is 0.0471. The monoisotopic (exact) mass is 281 g/mol. The van der Waals surface area contributed by atoms with Crippen molar-refractivity contribution in [3.05, 3.63) is 70.0 Å². The van der Waals surface area contributed by atoms with Crippen molar-refractivity contribution in [2.45, 2.75) is 6.42 Å². The lowest BCUT2D eigenvalue weighted by Gasteiger charge is -2.05. The van der Waals surface area contributed by atoms with Crippen molar-refractivity contribution < 1.29 is 9.90 Å². The van der Waals surface area contributed by atoms with E-state index in [4.69, 9.17) is 5.11 Å². The number of nitrogens with one attached hydrogen (secondary N) is 1. The van der Waals surface area contributed by atoms with Crippen molar-refractivity contribution in [2.75, 3.05) is 0 Å². The highest BCUT2D eigenvalue weighted by molar-refractivity contribution is 6.02. The first kappa shape index (κ1) is 13.0. The molecule has 0 aliphatic carbocycles. The second-order valence-corrected chi connectivity index (χ2v) is 4.56. The smallest absolute Gasteiger partial charge is 0.336 e. The number of aromatic amines is 1. The molecule has 3 aromatic rings. The summed E-state index contributed by atoms with van der Waals surface area (Å²) < 4.78 is 0. The lowest BCUT2D eigenvalue weighted by Crippen LogP contribution is -2.15. The molecule has 0 atom stereocenters. The Hall–Kier alpha value is -3.02. The number of fused-ring (bicyclic) bond motifs is 1. The number of carbonyl (C=O) groups is 1. The Morgan fingerprint density at radius 1 is 1.24 bits per heavy atom. The molecular formula is C15H11N3O3. The topological polar surface area (TPSA) is 95.9 Å². The summed E-state index contributed by atoms with van der Waals surface area (Å²) in [6.07, 6.45) is 3.79. The Morgan fingerprint density at radius 2 is 2.10 bits per heavy atom. The Morgan fingerprint density at radius 3 is 2.81 bits per heavy atom. The van der Waals surface area contributed by atoms with Crippen LogP contribution in [0.5, 0.6) is 0 Å². The van der Waals surface area contributed by atoms with Crippen LogP contribution in [0.15, 0.2) is 47.5 Å². The molecule has 0 radical (unpaired) electrons. The number of benzene rings is 1. The minimum Gasteiger partial charge on any atom is -0.478 e. The van der Waals surface area contributed by atoms with E-state index in [1.165, 1.54) is 6.07 Å². The van der Waals surface area contributed by atoms with Gasteiger partial charge in [0.15, 0.2) is 0 Å². The van der Waals surface area contributed by atoms with Gasteiger partial charge < -0.3 is 10.1 Å². The van der Waals surface area contributed by atoms with Crippen LogP contribution in [0.25, 0.3) is 10.9 Å². The van der Waals surface area contributed by atoms with Gasteiger partial charge in [-0.1, -0.05) is 12.1 Å². The normalized spacial score (nSPS) is 10.7. The molecule has 0 saturated carbocycles. The molecule has 0 bridgehead atoms. The van der Waals surface area contributed by atoms with E-state index in [-0.39, 0.29) is 10.9 Å². The number of carboxylic acids is 1. The fraction of sp³-hybridized carbons (Fsp3) is 0.0667. The molecule has 0 fully saturated rings. The molecule has 21 heavy (non-hydrogen) atoms. The number of H-pyrrole nitrogens is 1. The number of rotatable bonds is 3. The molecule has 0 unspecified atom stereocenters. The van der Waals surface area contributed by atoms with Gasteiger partial charge in [-0.25, -0.2) is 9.78 Å². The van der Waals surface area contributed by atoms with E-state index in [0.717, 1.165) is 5.56 Å². The lowest BCUT2D eigenvalue weighted by atomic mass is 10.1. The van der Waals surface area contributed by atoms with Crippen molar-refractivity contribution in [2.24, 2.45) is 0 Å². The SMILES string of the molecule is O=C(O)c1cccc2nc(Cc3cccnc3)[nH]c(=O)c12. The van der Waals surface area contributed by atoms with Crippen LogP contribution in [0.4, 0.5) is 0 Å². The highest BCUT2D eigenvalue weighted by Gasteiger charge is 2.13. The summed E-state index contributed by atoms with van der Waals surface area (Å²) in [5.74, 6) is -0.670. The van der Waals surface area contributed by atoms with Crippen LogP contribution in [0.1, 0.15) is 21.7 Å². The average Bonchev–Trinajstić information content (AvgIpc) is 2.47. The van der Waals surface area contributed by atoms with Gasteiger partial charge in [-0.15, -0.1) is 0 Å². The number of hydrogen-bond donors (Lipinski definition) is 2. The fourth-order valence-corrected chi connectivity index (χ4v) is 2.20. The van der Waals surface area contributed by atoms with Gasteiger partial charge >= 0.3 is 5.97 Å². The first-order chi connectivity index (χ1) is 10.1. The van der Waals surface area contributed by atoms with Gasteiger partial charge in [-0.3, -0.25) is 9.78 Å². The first-order valence-electron chi connectivity index (χ1n) is 6.29. The van der Waals surface area contributed by atoms with E-state index in [1.54, 1.807) is 30.6 Å². The third-order valence-electron chi connectivity index (χ3n) is 3.11. The molecular weight excluding hydrogens is 270 g/mol. The molecule has 6 heteroatoms. The Bertz CT molecular complexity index is 872. The van der Waals surface area contributed by atoms with Crippen molar-refractivity contribution in [1.82, 2.24) is 15.0 Å². The average molecular weight is 281 g/mol. The van der Waals surface area contributed by atoms with E-state index < -0.39 is 11.5 Å². The van der Waals surface area contributed by atoms with E-state index in [0.29, 0.717) is 17.8 Å².